The Hall–Kier alpha value is -1.32. The molecule has 0 saturated carbocycles. The van der Waals surface area contributed by atoms with Gasteiger partial charge in [0.25, 0.3) is 0 Å². The zero-order valence-electron chi connectivity index (χ0n) is 13.9. The first-order valence-electron chi connectivity index (χ1n) is 7.12. The predicted octanol–water partition coefficient (Wildman–Crippen LogP) is 2.63. The lowest BCUT2D eigenvalue weighted by Crippen LogP contribution is -2.51. The number of primary amides is 1. The molecule has 0 aliphatic rings. The van der Waals surface area contributed by atoms with E-state index in [-0.39, 0.29) is 16.9 Å². The van der Waals surface area contributed by atoms with Crippen LogP contribution in [0.2, 0.25) is 0 Å². The monoisotopic (exact) mass is 282 g/mol. The Morgan fingerprint density at radius 3 is 1.95 bits per heavy atom. The first kappa shape index (κ1) is 18.7. The van der Waals surface area contributed by atoms with Gasteiger partial charge in [-0.25, -0.2) is 0 Å². The minimum Gasteiger partial charge on any atom is -0.369 e. The van der Waals surface area contributed by atoms with Crippen LogP contribution in [-0.2, 0) is 9.59 Å². The second-order valence-corrected chi connectivity index (χ2v) is 7.40. The number of carbonyl (C=O) groups excluding carboxylic acids is 2. The van der Waals surface area contributed by atoms with Gasteiger partial charge in [-0.05, 0) is 39.5 Å². The van der Waals surface area contributed by atoms with Crippen LogP contribution in [0.15, 0.2) is 12.2 Å². The van der Waals surface area contributed by atoms with Gasteiger partial charge in [-0.3, -0.25) is 9.59 Å². The Morgan fingerprint density at radius 1 is 1.15 bits per heavy atom. The highest BCUT2D eigenvalue weighted by molar-refractivity contribution is 5.87. The molecule has 4 heteroatoms. The van der Waals surface area contributed by atoms with Gasteiger partial charge in [-0.1, -0.05) is 32.9 Å². The van der Waals surface area contributed by atoms with Crippen molar-refractivity contribution in [1.82, 2.24) is 5.32 Å². The van der Waals surface area contributed by atoms with Crippen LogP contribution >= 0.6 is 0 Å². The summed E-state index contributed by atoms with van der Waals surface area (Å²) in [6.45, 7) is 13.6. The molecule has 0 aromatic carbocycles. The summed E-state index contributed by atoms with van der Waals surface area (Å²) < 4.78 is 0. The molecule has 3 N–H and O–H groups in total. The van der Waals surface area contributed by atoms with Gasteiger partial charge in [0.15, 0.2) is 0 Å². The molecular weight excluding hydrogens is 252 g/mol. The molecule has 0 radical (unpaired) electrons. The number of nitrogens with two attached hydrogens (primary N) is 1. The number of hydrogen-bond acceptors (Lipinski definition) is 2. The second kappa shape index (κ2) is 6.91. The summed E-state index contributed by atoms with van der Waals surface area (Å²) in [6.07, 6.45) is 4.25. The van der Waals surface area contributed by atoms with Crippen molar-refractivity contribution in [3.8, 4) is 0 Å². The minimum absolute atomic E-state index is 0.113. The van der Waals surface area contributed by atoms with Crippen molar-refractivity contribution in [2.75, 3.05) is 0 Å². The van der Waals surface area contributed by atoms with Crippen LogP contribution in [0.4, 0.5) is 0 Å². The van der Waals surface area contributed by atoms with E-state index in [1.807, 2.05) is 60.6 Å². The van der Waals surface area contributed by atoms with Gasteiger partial charge in [0.05, 0.1) is 11.8 Å². The van der Waals surface area contributed by atoms with E-state index >= 15 is 0 Å². The van der Waals surface area contributed by atoms with Crippen LogP contribution in [0.1, 0.15) is 54.9 Å². The van der Waals surface area contributed by atoms with Gasteiger partial charge in [0.1, 0.15) is 0 Å². The maximum Gasteiger partial charge on any atom is 0.224 e. The smallest absolute Gasteiger partial charge is 0.224 e. The molecule has 0 aromatic rings. The fourth-order valence-corrected chi connectivity index (χ4v) is 2.33. The van der Waals surface area contributed by atoms with Gasteiger partial charge < -0.3 is 11.1 Å². The average Bonchev–Trinajstić information content (AvgIpc) is 2.18. The maximum atomic E-state index is 12.6. The molecule has 0 spiro atoms. The summed E-state index contributed by atoms with van der Waals surface area (Å²) in [5.41, 5.74) is 4.86. The van der Waals surface area contributed by atoms with E-state index in [1.54, 1.807) is 0 Å². The highest BCUT2D eigenvalue weighted by atomic mass is 16.2. The number of allylic oxidation sites excluding steroid dienone is 2. The standard InChI is InChI=1S/C16H30N2O2/c1-8-9-10-11(13(17)19)12(15(2,3)4)14(20)18-16(5,6)7/h8-9,11-12H,10H2,1-7H3,(H2,17,19)(H,18,20)/b9-8+/t11-,12+/m0/s1. The van der Waals surface area contributed by atoms with Gasteiger partial charge in [-0.15, -0.1) is 0 Å². The Bertz CT molecular complexity index is 373. The van der Waals surface area contributed by atoms with Crippen molar-refractivity contribution in [3.05, 3.63) is 12.2 Å². The summed E-state index contributed by atoms with van der Waals surface area (Å²) in [5.74, 6) is -1.48. The SMILES string of the molecule is C/C=C/C[C@H](C(N)=O)[C@H](C(=O)NC(C)(C)C)C(C)(C)C. The van der Waals surface area contributed by atoms with E-state index in [0.29, 0.717) is 6.42 Å². The van der Waals surface area contributed by atoms with Gasteiger partial charge in [0.2, 0.25) is 11.8 Å². The lowest BCUT2D eigenvalue weighted by molar-refractivity contribution is -0.138. The Labute approximate surface area is 123 Å². The molecule has 2 atom stereocenters. The van der Waals surface area contributed by atoms with Crippen LogP contribution < -0.4 is 11.1 Å². The third-order valence-corrected chi connectivity index (χ3v) is 3.11. The molecule has 0 saturated heterocycles. The van der Waals surface area contributed by atoms with Crippen molar-refractivity contribution in [1.29, 1.82) is 0 Å². The molecule has 2 amide bonds. The Morgan fingerprint density at radius 2 is 1.65 bits per heavy atom. The molecule has 116 valence electrons. The topological polar surface area (TPSA) is 72.2 Å². The predicted molar refractivity (Wildman–Crippen MR) is 83.0 cm³/mol. The van der Waals surface area contributed by atoms with Crippen molar-refractivity contribution >= 4 is 11.8 Å². The highest BCUT2D eigenvalue weighted by Crippen LogP contribution is 2.34. The fraction of sp³-hybridized carbons (Fsp3) is 0.750. The summed E-state index contributed by atoms with van der Waals surface area (Å²) in [6, 6.07) is 0. The maximum absolute atomic E-state index is 12.6. The molecule has 4 nitrogen and oxygen atoms in total. The van der Waals surface area contributed by atoms with E-state index in [0.717, 1.165) is 0 Å². The largest absolute Gasteiger partial charge is 0.369 e. The zero-order chi connectivity index (χ0) is 16.1. The molecule has 0 bridgehead atoms. The summed E-state index contributed by atoms with van der Waals surface area (Å²) in [7, 11) is 0. The highest BCUT2D eigenvalue weighted by Gasteiger charge is 2.41. The van der Waals surface area contributed by atoms with Crippen molar-refractivity contribution in [2.24, 2.45) is 23.0 Å². The lowest BCUT2D eigenvalue weighted by atomic mass is 9.70. The van der Waals surface area contributed by atoms with E-state index in [2.05, 4.69) is 5.32 Å². The molecule has 0 fully saturated rings. The molecule has 0 unspecified atom stereocenters. The number of rotatable bonds is 5. The third kappa shape index (κ3) is 6.22. The molecular formula is C16H30N2O2. The van der Waals surface area contributed by atoms with Crippen LogP contribution in [0.3, 0.4) is 0 Å². The first-order valence-corrected chi connectivity index (χ1v) is 7.12. The Kier molecular flexibility index (Phi) is 6.45. The molecule has 20 heavy (non-hydrogen) atoms. The number of hydrogen-bond donors (Lipinski definition) is 2. The van der Waals surface area contributed by atoms with Gasteiger partial charge in [-0.2, -0.15) is 0 Å². The Balaban J connectivity index is 5.42. The van der Waals surface area contributed by atoms with E-state index in [1.165, 1.54) is 0 Å². The molecule has 0 rings (SSSR count). The lowest BCUT2D eigenvalue weighted by Gasteiger charge is -2.36. The van der Waals surface area contributed by atoms with Crippen LogP contribution in [0.25, 0.3) is 0 Å². The fourth-order valence-electron chi connectivity index (χ4n) is 2.33. The normalized spacial score (nSPS) is 15.9. The number of nitrogens with one attached hydrogen (secondary N) is 1. The number of carbonyl (C=O) groups is 2. The third-order valence-electron chi connectivity index (χ3n) is 3.11. The van der Waals surface area contributed by atoms with E-state index < -0.39 is 17.7 Å². The van der Waals surface area contributed by atoms with Crippen LogP contribution in [-0.4, -0.2) is 17.4 Å². The van der Waals surface area contributed by atoms with Crippen molar-refractivity contribution in [2.45, 2.75) is 60.4 Å². The number of amides is 2. The first-order chi connectivity index (χ1) is 8.90. The minimum atomic E-state index is -0.492. The van der Waals surface area contributed by atoms with Crippen molar-refractivity contribution < 1.29 is 9.59 Å². The second-order valence-electron chi connectivity index (χ2n) is 7.40. The average molecular weight is 282 g/mol. The molecule has 0 aliphatic carbocycles. The summed E-state index contributed by atoms with van der Waals surface area (Å²) in [5, 5.41) is 2.97. The quantitative estimate of drug-likeness (QED) is 0.761. The molecule has 0 aromatic heterocycles. The van der Waals surface area contributed by atoms with Crippen LogP contribution in [0.5, 0.6) is 0 Å². The summed E-state index contributed by atoms with van der Waals surface area (Å²) in [4.78, 5) is 24.3. The van der Waals surface area contributed by atoms with E-state index in [4.69, 9.17) is 5.73 Å². The zero-order valence-corrected chi connectivity index (χ0v) is 13.9. The van der Waals surface area contributed by atoms with Gasteiger partial charge >= 0.3 is 0 Å². The van der Waals surface area contributed by atoms with E-state index in [9.17, 15) is 9.59 Å². The van der Waals surface area contributed by atoms with Gasteiger partial charge in [0, 0.05) is 5.54 Å². The van der Waals surface area contributed by atoms with Crippen LogP contribution in [0, 0.1) is 17.3 Å². The molecule has 0 heterocycles. The van der Waals surface area contributed by atoms with Crippen molar-refractivity contribution in [3.63, 3.8) is 0 Å². The molecule has 0 aliphatic heterocycles. The summed E-state index contributed by atoms with van der Waals surface area (Å²) >= 11 is 0.